The van der Waals surface area contributed by atoms with Crippen molar-refractivity contribution < 1.29 is 19.0 Å². The third-order valence-electron chi connectivity index (χ3n) is 8.36. The fourth-order valence-electron chi connectivity index (χ4n) is 5.90. The van der Waals surface area contributed by atoms with Crippen molar-refractivity contribution in [3.05, 3.63) is 58.9 Å². The third-order valence-corrected chi connectivity index (χ3v) is 8.36. The molecule has 1 amide bonds. The highest BCUT2D eigenvalue weighted by Gasteiger charge is 2.31. The molecule has 0 unspecified atom stereocenters. The van der Waals surface area contributed by atoms with Crippen LogP contribution < -0.4 is 16.4 Å². The van der Waals surface area contributed by atoms with E-state index in [1.807, 2.05) is 11.8 Å². The summed E-state index contributed by atoms with van der Waals surface area (Å²) in [5.41, 5.74) is 9.83. The van der Waals surface area contributed by atoms with E-state index in [-0.39, 0.29) is 30.3 Å². The molecule has 1 aromatic carbocycles. The summed E-state index contributed by atoms with van der Waals surface area (Å²) >= 11 is 0. The lowest BCUT2D eigenvalue weighted by Gasteiger charge is -2.38. The molecule has 0 saturated carbocycles. The number of carbonyl (C=O) groups excluding carboxylic acids is 1. The van der Waals surface area contributed by atoms with Crippen molar-refractivity contribution >= 4 is 12.2 Å². The van der Waals surface area contributed by atoms with Crippen molar-refractivity contribution in [2.75, 3.05) is 40.0 Å². The van der Waals surface area contributed by atoms with Gasteiger partial charge in [-0.3, -0.25) is 4.79 Å². The molecular weight excluding hydrogens is 506 g/mol. The number of aryl methyl sites for hydroxylation is 1. The first-order chi connectivity index (χ1) is 19.4. The van der Waals surface area contributed by atoms with Crippen LogP contribution in [0, 0.1) is 6.92 Å². The van der Waals surface area contributed by atoms with Gasteiger partial charge >= 0.3 is 0 Å². The van der Waals surface area contributed by atoms with Gasteiger partial charge in [-0.1, -0.05) is 36.4 Å². The number of likely N-dealkylation sites (tertiary alicyclic amines) is 1. The summed E-state index contributed by atoms with van der Waals surface area (Å²) < 4.78 is 17.6. The highest BCUT2D eigenvalue weighted by atomic mass is 16.5. The fraction of sp³-hybridized carbons (Fsp3) is 0.613. The highest BCUT2D eigenvalue weighted by molar-refractivity contribution is 5.95. The minimum Gasteiger partial charge on any atom is -0.390 e. The van der Waals surface area contributed by atoms with Gasteiger partial charge in [-0.25, -0.2) is 4.99 Å². The van der Waals surface area contributed by atoms with Gasteiger partial charge in [0.2, 0.25) is 0 Å². The van der Waals surface area contributed by atoms with Gasteiger partial charge in [-0.05, 0) is 57.9 Å². The molecule has 0 bridgehead atoms. The van der Waals surface area contributed by atoms with Gasteiger partial charge in [0.25, 0.3) is 5.91 Å². The molecule has 0 radical (unpaired) electrons. The first kappa shape index (κ1) is 30.2. The Kier molecular flexibility index (Phi) is 11.2. The molecule has 1 aromatic rings. The predicted octanol–water partition coefficient (Wildman–Crippen LogP) is 3.35. The summed E-state index contributed by atoms with van der Waals surface area (Å²) in [6.07, 6.45) is 7.23. The maximum absolute atomic E-state index is 13.5. The van der Waals surface area contributed by atoms with E-state index in [2.05, 4.69) is 53.4 Å². The average molecular weight is 554 g/mol. The van der Waals surface area contributed by atoms with Crippen molar-refractivity contribution in [1.29, 1.82) is 0 Å². The number of allylic oxidation sites excluding steroid dienone is 1. The zero-order valence-electron chi connectivity index (χ0n) is 24.4. The zero-order chi connectivity index (χ0) is 28.5. The first-order valence-corrected chi connectivity index (χ1v) is 14.7. The molecule has 3 saturated heterocycles. The Morgan fingerprint density at radius 1 is 1.25 bits per heavy atom. The summed E-state index contributed by atoms with van der Waals surface area (Å²) in [4.78, 5) is 19.6. The molecule has 9 nitrogen and oxygen atoms in total. The molecule has 40 heavy (non-hydrogen) atoms. The van der Waals surface area contributed by atoms with Crippen LogP contribution in [0.15, 0.2) is 52.8 Å². The maximum atomic E-state index is 13.5. The average Bonchev–Trinajstić information content (AvgIpc) is 2.99. The van der Waals surface area contributed by atoms with E-state index < -0.39 is 0 Å². The molecule has 3 aliphatic rings. The summed E-state index contributed by atoms with van der Waals surface area (Å²) in [6.45, 7) is 11.5. The molecule has 4 atom stereocenters. The topological polar surface area (TPSA) is 110 Å². The largest absolute Gasteiger partial charge is 0.390 e. The van der Waals surface area contributed by atoms with Crippen LogP contribution in [-0.4, -0.2) is 81.4 Å². The fourth-order valence-corrected chi connectivity index (χ4v) is 5.90. The number of rotatable bonds is 10. The Balaban J connectivity index is 1.30. The van der Waals surface area contributed by atoms with Gasteiger partial charge in [0.15, 0.2) is 0 Å². The van der Waals surface area contributed by atoms with Crippen molar-refractivity contribution in [1.82, 2.24) is 15.5 Å². The van der Waals surface area contributed by atoms with E-state index >= 15 is 0 Å². The molecule has 3 aliphatic heterocycles. The van der Waals surface area contributed by atoms with E-state index in [1.165, 1.54) is 17.5 Å². The van der Waals surface area contributed by atoms with Crippen LogP contribution in [0.3, 0.4) is 0 Å². The molecule has 9 heteroatoms. The Bertz CT molecular complexity index is 1070. The lowest BCUT2D eigenvalue weighted by molar-refractivity contribution is -0.128. The van der Waals surface area contributed by atoms with E-state index in [1.54, 1.807) is 7.11 Å². The van der Waals surface area contributed by atoms with Crippen LogP contribution in [0.4, 0.5) is 0 Å². The number of hydrogen-bond acceptors (Lipinski definition) is 7. The number of benzene rings is 1. The number of carbonyl (C=O) groups is 1. The third kappa shape index (κ3) is 7.94. The van der Waals surface area contributed by atoms with E-state index in [9.17, 15) is 4.79 Å². The van der Waals surface area contributed by atoms with Gasteiger partial charge in [0.1, 0.15) is 5.70 Å². The normalized spacial score (nSPS) is 26.9. The van der Waals surface area contributed by atoms with Crippen molar-refractivity contribution in [3.63, 3.8) is 0 Å². The van der Waals surface area contributed by atoms with Crippen LogP contribution in [0.2, 0.25) is 0 Å². The van der Waals surface area contributed by atoms with Crippen LogP contribution in [-0.2, 0) is 19.0 Å². The molecule has 3 fully saturated rings. The van der Waals surface area contributed by atoms with Crippen molar-refractivity contribution in [2.24, 2.45) is 10.7 Å². The lowest BCUT2D eigenvalue weighted by Crippen LogP contribution is -2.54. The number of methoxy groups -OCH3 is 1. The summed E-state index contributed by atoms with van der Waals surface area (Å²) in [6, 6.07) is 9.16. The van der Waals surface area contributed by atoms with Gasteiger partial charge in [0, 0.05) is 56.7 Å². The van der Waals surface area contributed by atoms with E-state index in [0.717, 1.165) is 45.1 Å². The molecule has 4 rings (SSSR count). The number of nitrogens with one attached hydrogen (secondary N) is 2. The number of nitrogens with two attached hydrogens (primary N) is 1. The highest BCUT2D eigenvalue weighted by Crippen LogP contribution is 2.31. The van der Waals surface area contributed by atoms with Crippen LogP contribution in [0.1, 0.15) is 62.7 Å². The quantitative estimate of drug-likeness (QED) is 0.176. The van der Waals surface area contributed by atoms with Gasteiger partial charge in [-0.2, -0.15) is 0 Å². The molecule has 0 aliphatic carbocycles. The predicted molar refractivity (Wildman–Crippen MR) is 158 cm³/mol. The Morgan fingerprint density at radius 3 is 2.77 bits per heavy atom. The molecule has 0 spiro atoms. The van der Waals surface area contributed by atoms with E-state index in [0.29, 0.717) is 49.3 Å². The number of amides is 1. The summed E-state index contributed by atoms with van der Waals surface area (Å²) in [7, 11) is 1.73. The Morgan fingerprint density at radius 2 is 2.05 bits per heavy atom. The van der Waals surface area contributed by atoms with Gasteiger partial charge < -0.3 is 35.5 Å². The molecule has 0 aromatic heterocycles. The minimum absolute atomic E-state index is 0.0652. The number of hydrogen-bond donors (Lipinski definition) is 3. The molecular formula is C31H47N5O4. The second kappa shape index (κ2) is 14.8. The van der Waals surface area contributed by atoms with Crippen molar-refractivity contribution in [2.45, 2.75) is 82.8 Å². The van der Waals surface area contributed by atoms with Crippen LogP contribution >= 0.6 is 0 Å². The number of nitrogens with zero attached hydrogens (tertiary/aromatic N) is 2. The second-order valence-electron chi connectivity index (χ2n) is 11.2. The van der Waals surface area contributed by atoms with Crippen LogP contribution in [0.5, 0.6) is 0 Å². The number of piperidine rings is 1. The summed E-state index contributed by atoms with van der Waals surface area (Å²) in [5.74, 6) is -0.116. The SMILES string of the molecule is C=C(NC[C@@H]1CCC[C@H](c2cccc(C)c2)O1)/C(C)=C(\N=C/N)C(=O)N1CCC(N[C@@H]2CCOC[C@@H]2OC)CC1. The first-order valence-electron chi connectivity index (χ1n) is 14.7. The lowest BCUT2D eigenvalue weighted by atomic mass is 9.97. The maximum Gasteiger partial charge on any atom is 0.272 e. The van der Waals surface area contributed by atoms with Crippen molar-refractivity contribution in [3.8, 4) is 0 Å². The standard InChI is InChI=1S/C31H47N5O4/c1-21-7-5-8-24(17-21)28-10-6-9-26(40-28)18-33-23(3)22(2)30(34-20-32)31(37)36-14-11-25(12-15-36)35-27-13-16-39-19-29(27)38-4/h5,7-8,17,20,25-29,33,35H,3,6,9-16,18-19H2,1-2,4H3,(H2,32,34)/b30-22-/t26-,27+,28+,29-/m0/s1. The smallest absolute Gasteiger partial charge is 0.272 e. The number of aliphatic imine (C=N–C) groups is 1. The molecule has 4 N–H and O–H groups in total. The van der Waals surface area contributed by atoms with Gasteiger partial charge in [0.05, 0.1) is 31.3 Å². The zero-order valence-corrected chi connectivity index (χ0v) is 24.4. The van der Waals surface area contributed by atoms with Crippen LogP contribution in [0.25, 0.3) is 0 Å². The van der Waals surface area contributed by atoms with Gasteiger partial charge in [-0.15, -0.1) is 0 Å². The minimum atomic E-state index is -0.116. The molecule has 220 valence electrons. The Labute approximate surface area is 239 Å². The van der Waals surface area contributed by atoms with E-state index in [4.69, 9.17) is 19.9 Å². The monoisotopic (exact) mass is 553 g/mol. The number of ether oxygens (including phenoxy) is 3. The second-order valence-corrected chi connectivity index (χ2v) is 11.2. The Hall–Kier alpha value is -2.72. The molecule has 3 heterocycles. The summed E-state index contributed by atoms with van der Waals surface area (Å²) in [5, 5.41) is 7.14.